The molecule has 1 aromatic carbocycles. The summed E-state index contributed by atoms with van der Waals surface area (Å²) in [6, 6.07) is 4.83. The summed E-state index contributed by atoms with van der Waals surface area (Å²) in [6.07, 6.45) is 7.46. The highest BCUT2D eigenvalue weighted by atomic mass is 33.1. The monoisotopic (exact) mass is 439 g/mol. The van der Waals surface area contributed by atoms with Crippen LogP contribution in [0.15, 0.2) is 24.3 Å². The van der Waals surface area contributed by atoms with Crippen LogP contribution < -0.4 is 0 Å². The Bertz CT molecular complexity index is 746. The van der Waals surface area contributed by atoms with Crippen molar-refractivity contribution in [1.29, 1.82) is 0 Å². The van der Waals surface area contributed by atoms with Gasteiger partial charge in [-0.3, -0.25) is 19.7 Å². The third-order valence-electron chi connectivity index (χ3n) is 4.29. The first-order valence-electron chi connectivity index (χ1n) is 9.47. The number of esters is 2. The van der Waals surface area contributed by atoms with Crippen molar-refractivity contribution in [2.75, 3.05) is 12.4 Å². The second-order valence-electron chi connectivity index (χ2n) is 6.55. The van der Waals surface area contributed by atoms with Gasteiger partial charge in [-0.15, -0.1) is 0 Å². The largest absolute Gasteiger partial charge is 0.462 e. The number of nitro benzene ring substituents is 1. The Morgan fingerprint density at radius 2 is 2.14 bits per heavy atom. The summed E-state index contributed by atoms with van der Waals surface area (Å²) in [7, 11) is 3.84. The van der Waals surface area contributed by atoms with E-state index in [0.717, 1.165) is 19.3 Å². The average Bonchev–Trinajstić information content (AvgIpc) is 3.20. The fraction of sp³-hybridized carbons (Fsp3) is 0.500. The molecule has 0 aromatic heterocycles. The Morgan fingerprint density at radius 3 is 2.83 bits per heavy atom. The molecule has 0 bridgehead atoms. The number of carbonyl (C=O) groups excluding carboxylic acids is 2. The Morgan fingerprint density at radius 1 is 1.31 bits per heavy atom. The van der Waals surface area contributed by atoms with Gasteiger partial charge in [-0.05, 0) is 43.5 Å². The van der Waals surface area contributed by atoms with Gasteiger partial charge in [0, 0.05) is 24.3 Å². The lowest BCUT2D eigenvalue weighted by atomic mass is 10.1. The van der Waals surface area contributed by atoms with Crippen molar-refractivity contribution in [1.82, 2.24) is 0 Å². The molecule has 1 atom stereocenters. The molecular weight excluding hydrogens is 414 g/mol. The quantitative estimate of drug-likeness (QED) is 0.157. The first-order valence-corrected chi connectivity index (χ1v) is 11.9. The van der Waals surface area contributed by atoms with Crippen LogP contribution in [0.3, 0.4) is 0 Å². The van der Waals surface area contributed by atoms with Crippen LogP contribution in [0.25, 0.3) is 6.08 Å². The van der Waals surface area contributed by atoms with E-state index in [1.54, 1.807) is 18.2 Å². The minimum absolute atomic E-state index is 0.0315. The molecule has 29 heavy (non-hydrogen) atoms. The van der Waals surface area contributed by atoms with E-state index < -0.39 is 10.9 Å². The Hall–Kier alpha value is -2.00. The van der Waals surface area contributed by atoms with Crippen LogP contribution in [0.1, 0.15) is 50.2 Å². The Labute approximate surface area is 178 Å². The van der Waals surface area contributed by atoms with E-state index in [1.165, 1.54) is 31.2 Å². The van der Waals surface area contributed by atoms with E-state index in [1.807, 2.05) is 21.6 Å². The van der Waals surface area contributed by atoms with Gasteiger partial charge in [0.15, 0.2) is 0 Å². The van der Waals surface area contributed by atoms with Crippen LogP contribution in [0.2, 0.25) is 0 Å². The van der Waals surface area contributed by atoms with Crippen molar-refractivity contribution < 1.29 is 24.0 Å². The molecule has 0 saturated carbocycles. The van der Waals surface area contributed by atoms with Gasteiger partial charge >= 0.3 is 11.9 Å². The fourth-order valence-electron chi connectivity index (χ4n) is 2.86. The second-order valence-corrected chi connectivity index (χ2v) is 9.34. The van der Waals surface area contributed by atoms with Crippen molar-refractivity contribution in [3.63, 3.8) is 0 Å². The normalized spacial score (nSPS) is 16.1. The van der Waals surface area contributed by atoms with Crippen molar-refractivity contribution in [2.24, 2.45) is 0 Å². The molecule has 2 rings (SSSR count). The van der Waals surface area contributed by atoms with Gasteiger partial charge < -0.3 is 9.47 Å². The summed E-state index contributed by atoms with van der Waals surface area (Å²) in [5.41, 5.74) is 0.579. The van der Waals surface area contributed by atoms with Crippen molar-refractivity contribution in [3.8, 4) is 0 Å². The molecule has 1 unspecified atom stereocenters. The number of unbranched alkanes of at least 4 members (excludes halogenated alkanes) is 1. The van der Waals surface area contributed by atoms with E-state index in [0.29, 0.717) is 22.8 Å². The number of ether oxygens (including phenoxy) is 2. The van der Waals surface area contributed by atoms with Crippen LogP contribution >= 0.6 is 21.6 Å². The molecule has 9 heteroatoms. The Kier molecular flexibility index (Phi) is 10.1. The van der Waals surface area contributed by atoms with Crippen LogP contribution in [0.4, 0.5) is 5.69 Å². The second kappa shape index (κ2) is 12.5. The van der Waals surface area contributed by atoms with Gasteiger partial charge in [-0.2, -0.15) is 0 Å². The smallest absolute Gasteiger partial charge is 0.306 e. The Balaban J connectivity index is 1.85. The summed E-state index contributed by atoms with van der Waals surface area (Å²) < 4.78 is 10.0. The molecule has 1 fully saturated rings. The molecule has 7 nitrogen and oxygen atoms in total. The standard InChI is InChI=1S/C20H25NO6S2/c1-15(22)26-12-5-8-16-6-4-7-17(20(16)21(24)25)14-27-19(23)10-3-2-9-18-11-13-28-29-18/h4-8,18H,2-3,9-14H2,1H3. The van der Waals surface area contributed by atoms with E-state index in [9.17, 15) is 19.7 Å². The third kappa shape index (κ3) is 8.49. The lowest BCUT2D eigenvalue weighted by molar-refractivity contribution is -0.386. The van der Waals surface area contributed by atoms with Gasteiger partial charge in [0.25, 0.3) is 5.69 Å². The van der Waals surface area contributed by atoms with E-state index >= 15 is 0 Å². The number of hydrogen-bond donors (Lipinski definition) is 0. The molecule has 1 saturated heterocycles. The third-order valence-corrected chi connectivity index (χ3v) is 7.29. The number of para-hydroxylation sites is 1. The lowest BCUT2D eigenvalue weighted by Crippen LogP contribution is -2.07. The maximum absolute atomic E-state index is 12.0. The predicted octanol–water partition coefficient (Wildman–Crippen LogP) is 4.93. The van der Waals surface area contributed by atoms with Gasteiger partial charge in [-0.25, -0.2) is 0 Å². The average molecular weight is 440 g/mol. The van der Waals surface area contributed by atoms with Gasteiger partial charge in [0.05, 0.1) is 16.1 Å². The highest BCUT2D eigenvalue weighted by Crippen LogP contribution is 2.39. The zero-order chi connectivity index (χ0) is 21.1. The zero-order valence-electron chi connectivity index (χ0n) is 16.3. The minimum atomic E-state index is -0.494. The molecule has 158 valence electrons. The van der Waals surface area contributed by atoms with Crippen LogP contribution in [0, 0.1) is 10.1 Å². The maximum Gasteiger partial charge on any atom is 0.306 e. The summed E-state index contributed by atoms with van der Waals surface area (Å²) in [5.74, 6) is 0.433. The molecule has 0 aliphatic carbocycles. The van der Waals surface area contributed by atoms with E-state index in [-0.39, 0.29) is 24.9 Å². The highest BCUT2D eigenvalue weighted by molar-refractivity contribution is 8.77. The lowest BCUT2D eigenvalue weighted by Gasteiger charge is -2.08. The number of carbonyl (C=O) groups is 2. The molecule has 1 aromatic rings. The van der Waals surface area contributed by atoms with E-state index in [4.69, 9.17) is 9.47 Å². The molecule has 0 radical (unpaired) electrons. The summed E-state index contributed by atoms with van der Waals surface area (Å²) >= 11 is 0. The molecule has 1 aliphatic heterocycles. The van der Waals surface area contributed by atoms with Gasteiger partial charge in [-0.1, -0.05) is 34.1 Å². The molecule has 0 amide bonds. The van der Waals surface area contributed by atoms with Crippen LogP contribution in [-0.4, -0.2) is 34.5 Å². The van der Waals surface area contributed by atoms with Gasteiger partial charge in [0.2, 0.25) is 0 Å². The van der Waals surface area contributed by atoms with Crippen LogP contribution in [-0.2, 0) is 25.7 Å². The molecule has 0 N–H and O–H groups in total. The first kappa shape index (κ1) is 23.3. The highest BCUT2D eigenvalue weighted by Gasteiger charge is 2.19. The van der Waals surface area contributed by atoms with Crippen molar-refractivity contribution >= 4 is 45.3 Å². The van der Waals surface area contributed by atoms with E-state index in [2.05, 4.69) is 0 Å². The van der Waals surface area contributed by atoms with Gasteiger partial charge in [0.1, 0.15) is 13.2 Å². The molecule has 1 heterocycles. The topological polar surface area (TPSA) is 95.7 Å². The SMILES string of the molecule is CC(=O)OCC=Cc1cccc(COC(=O)CCCCC2CCSS2)c1[N+](=O)[O-]. The number of nitro groups is 1. The minimum Gasteiger partial charge on any atom is -0.462 e. The molecular formula is C20H25NO6S2. The number of rotatable bonds is 11. The predicted molar refractivity (Wildman–Crippen MR) is 115 cm³/mol. The number of hydrogen-bond acceptors (Lipinski definition) is 8. The number of benzene rings is 1. The fourth-order valence-corrected chi connectivity index (χ4v) is 5.89. The van der Waals surface area contributed by atoms with Crippen LogP contribution in [0.5, 0.6) is 0 Å². The van der Waals surface area contributed by atoms with Crippen molar-refractivity contribution in [3.05, 3.63) is 45.5 Å². The molecule has 1 aliphatic rings. The summed E-state index contributed by atoms with van der Waals surface area (Å²) in [6.45, 7) is 1.18. The first-order chi connectivity index (χ1) is 14.0. The summed E-state index contributed by atoms with van der Waals surface area (Å²) in [5, 5.41) is 12.2. The maximum atomic E-state index is 12.0. The van der Waals surface area contributed by atoms with Crippen molar-refractivity contribution in [2.45, 2.75) is 50.9 Å². The number of nitrogens with zero attached hydrogens (tertiary/aromatic N) is 1. The zero-order valence-corrected chi connectivity index (χ0v) is 18.0. The summed E-state index contributed by atoms with van der Waals surface area (Å²) in [4.78, 5) is 33.8. The molecule has 0 spiro atoms.